The van der Waals surface area contributed by atoms with Crippen molar-refractivity contribution in [1.29, 1.82) is 0 Å². The zero-order chi connectivity index (χ0) is 13.2. The average molecular weight is 273 g/mol. The van der Waals surface area contributed by atoms with Gasteiger partial charge in [-0.2, -0.15) is 11.8 Å². The summed E-state index contributed by atoms with van der Waals surface area (Å²) in [7, 11) is 0. The highest BCUT2D eigenvalue weighted by molar-refractivity contribution is 8.00. The predicted octanol–water partition coefficient (Wildman–Crippen LogP) is 3.15. The molecule has 1 saturated heterocycles. The van der Waals surface area contributed by atoms with Gasteiger partial charge in [-0.25, -0.2) is 0 Å². The van der Waals surface area contributed by atoms with Crippen LogP contribution in [0.25, 0.3) is 10.9 Å². The number of rotatable bonds is 2. The van der Waals surface area contributed by atoms with Crippen LogP contribution in [0, 0.1) is 0 Å². The van der Waals surface area contributed by atoms with Crippen LogP contribution < -0.4 is 10.6 Å². The van der Waals surface area contributed by atoms with Gasteiger partial charge in [-0.05, 0) is 30.7 Å². The van der Waals surface area contributed by atoms with Crippen molar-refractivity contribution < 1.29 is 0 Å². The maximum absolute atomic E-state index is 6.35. The van der Waals surface area contributed by atoms with E-state index in [1.165, 1.54) is 17.9 Å². The number of nitrogens with zero attached hydrogens (tertiary/aromatic N) is 2. The molecule has 100 valence electrons. The van der Waals surface area contributed by atoms with E-state index in [9.17, 15) is 0 Å². The van der Waals surface area contributed by atoms with Gasteiger partial charge in [0.1, 0.15) is 0 Å². The fraction of sp³-hybridized carbons (Fsp3) is 0.400. The van der Waals surface area contributed by atoms with Crippen molar-refractivity contribution in [3.63, 3.8) is 0 Å². The molecular formula is C15H19N3S. The van der Waals surface area contributed by atoms with E-state index in [-0.39, 0.29) is 0 Å². The van der Waals surface area contributed by atoms with Crippen LogP contribution >= 0.6 is 11.8 Å². The summed E-state index contributed by atoms with van der Waals surface area (Å²) in [5.74, 6) is 1.18. The van der Waals surface area contributed by atoms with E-state index < -0.39 is 0 Å². The first kappa shape index (κ1) is 12.6. The molecule has 1 atom stereocenters. The molecule has 0 amide bonds. The van der Waals surface area contributed by atoms with Gasteiger partial charge < -0.3 is 10.6 Å². The first-order valence-corrected chi connectivity index (χ1v) is 7.84. The van der Waals surface area contributed by atoms with Crippen molar-refractivity contribution in [2.24, 2.45) is 0 Å². The normalized spacial score (nSPS) is 19.8. The van der Waals surface area contributed by atoms with Crippen molar-refractivity contribution in [1.82, 2.24) is 4.98 Å². The lowest BCUT2D eigenvalue weighted by atomic mass is 10.1. The van der Waals surface area contributed by atoms with Gasteiger partial charge in [0.15, 0.2) is 0 Å². The fourth-order valence-electron chi connectivity index (χ4n) is 2.62. The second kappa shape index (κ2) is 5.29. The van der Waals surface area contributed by atoms with E-state index in [1.54, 1.807) is 0 Å². The summed E-state index contributed by atoms with van der Waals surface area (Å²) in [6.45, 7) is 4.43. The fourth-order valence-corrected chi connectivity index (χ4v) is 3.80. The van der Waals surface area contributed by atoms with Crippen LogP contribution in [0.4, 0.5) is 11.4 Å². The van der Waals surface area contributed by atoms with Gasteiger partial charge in [-0.3, -0.25) is 4.98 Å². The van der Waals surface area contributed by atoms with Gasteiger partial charge >= 0.3 is 0 Å². The third kappa shape index (κ3) is 2.37. The largest absolute Gasteiger partial charge is 0.396 e. The van der Waals surface area contributed by atoms with Crippen molar-refractivity contribution >= 4 is 34.0 Å². The van der Waals surface area contributed by atoms with Gasteiger partial charge in [0.25, 0.3) is 0 Å². The number of fused-ring (bicyclic) bond motifs is 1. The summed E-state index contributed by atoms with van der Waals surface area (Å²) in [4.78, 5) is 6.78. The molecule has 19 heavy (non-hydrogen) atoms. The third-order valence-electron chi connectivity index (χ3n) is 3.74. The standard InChI is InChI=1S/C15H19N3S/c1-2-11-10-18(8-9-19-11)14-6-5-13-12(15(14)16)4-3-7-17-13/h3-7,11H,2,8-10,16H2,1H3. The zero-order valence-corrected chi connectivity index (χ0v) is 12.0. The van der Waals surface area contributed by atoms with Crippen molar-refractivity contribution in [2.75, 3.05) is 29.5 Å². The van der Waals surface area contributed by atoms with E-state index >= 15 is 0 Å². The molecule has 2 heterocycles. The molecule has 1 aliphatic heterocycles. The Morgan fingerprint density at radius 2 is 2.32 bits per heavy atom. The van der Waals surface area contributed by atoms with Gasteiger partial charge in [-0.1, -0.05) is 6.92 Å². The molecular weight excluding hydrogens is 254 g/mol. The number of nitrogen functional groups attached to an aromatic ring is 1. The Balaban J connectivity index is 1.98. The number of benzene rings is 1. The number of hydrogen-bond acceptors (Lipinski definition) is 4. The SMILES string of the molecule is CCC1CN(c2ccc3ncccc3c2N)CCS1. The van der Waals surface area contributed by atoms with Crippen molar-refractivity contribution in [3.8, 4) is 0 Å². The minimum atomic E-state index is 0.720. The molecule has 1 aromatic heterocycles. The number of hydrogen-bond donors (Lipinski definition) is 1. The molecule has 0 saturated carbocycles. The zero-order valence-electron chi connectivity index (χ0n) is 11.2. The quantitative estimate of drug-likeness (QED) is 0.854. The highest BCUT2D eigenvalue weighted by Crippen LogP contribution is 2.33. The Bertz CT molecular complexity index is 585. The molecule has 3 rings (SSSR count). The van der Waals surface area contributed by atoms with E-state index in [1.807, 2.05) is 12.3 Å². The molecule has 2 N–H and O–H groups in total. The van der Waals surface area contributed by atoms with Crippen molar-refractivity contribution in [2.45, 2.75) is 18.6 Å². The molecule has 0 bridgehead atoms. The summed E-state index contributed by atoms with van der Waals surface area (Å²) in [6, 6.07) is 8.19. The molecule has 3 nitrogen and oxygen atoms in total. The lowest BCUT2D eigenvalue weighted by Crippen LogP contribution is -2.38. The Morgan fingerprint density at radius 1 is 1.42 bits per heavy atom. The first-order chi connectivity index (χ1) is 9.29. The molecule has 1 aromatic carbocycles. The third-order valence-corrected chi connectivity index (χ3v) is 5.11. The summed E-state index contributed by atoms with van der Waals surface area (Å²) in [5.41, 5.74) is 9.36. The number of thioether (sulfide) groups is 1. The van der Waals surface area contributed by atoms with Crippen LogP contribution in [0.1, 0.15) is 13.3 Å². The predicted molar refractivity (Wildman–Crippen MR) is 84.9 cm³/mol. The van der Waals surface area contributed by atoms with Gasteiger partial charge in [-0.15, -0.1) is 0 Å². The van der Waals surface area contributed by atoms with E-state index in [0.29, 0.717) is 0 Å². The van der Waals surface area contributed by atoms with Gasteiger partial charge in [0.05, 0.1) is 16.9 Å². The van der Waals surface area contributed by atoms with E-state index in [2.05, 4.69) is 46.8 Å². The highest BCUT2D eigenvalue weighted by atomic mass is 32.2. The minimum Gasteiger partial charge on any atom is -0.396 e. The second-order valence-corrected chi connectivity index (χ2v) is 6.32. The summed E-state index contributed by atoms with van der Waals surface area (Å²) in [6.07, 6.45) is 3.03. The Morgan fingerprint density at radius 3 is 3.16 bits per heavy atom. The minimum absolute atomic E-state index is 0.720. The molecule has 2 aromatic rings. The average Bonchev–Trinajstić information content (AvgIpc) is 2.48. The highest BCUT2D eigenvalue weighted by Gasteiger charge is 2.21. The number of nitrogens with two attached hydrogens (primary N) is 1. The van der Waals surface area contributed by atoms with Crippen LogP contribution in [0.3, 0.4) is 0 Å². The second-order valence-electron chi connectivity index (χ2n) is 4.92. The van der Waals surface area contributed by atoms with Crippen LogP contribution in [-0.4, -0.2) is 29.1 Å². The molecule has 4 heteroatoms. The summed E-state index contributed by atoms with van der Waals surface area (Å²) < 4.78 is 0. The van der Waals surface area contributed by atoms with Crippen molar-refractivity contribution in [3.05, 3.63) is 30.5 Å². The van der Waals surface area contributed by atoms with E-state index in [0.717, 1.165) is 34.9 Å². The maximum Gasteiger partial charge on any atom is 0.0724 e. The molecule has 0 radical (unpaired) electrons. The first-order valence-electron chi connectivity index (χ1n) is 6.79. The van der Waals surface area contributed by atoms with Crippen LogP contribution in [-0.2, 0) is 0 Å². The molecule has 0 aliphatic carbocycles. The van der Waals surface area contributed by atoms with Crippen LogP contribution in [0.15, 0.2) is 30.5 Å². The lowest BCUT2D eigenvalue weighted by Gasteiger charge is -2.34. The summed E-state index contributed by atoms with van der Waals surface area (Å²) in [5, 5.41) is 1.78. The maximum atomic E-state index is 6.35. The number of pyridine rings is 1. The monoisotopic (exact) mass is 273 g/mol. The number of aromatic nitrogens is 1. The van der Waals surface area contributed by atoms with Crippen LogP contribution in [0.5, 0.6) is 0 Å². The lowest BCUT2D eigenvalue weighted by molar-refractivity contribution is 0.729. The smallest absolute Gasteiger partial charge is 0.0724 e. The number of anilines is 2. The summed E-state index contributed by atoms with van der Waals surface area (Å²) >= 11 is 2.08. The Kier molecular flexibility index (Phi) is 3.51. The molecule has 1 aliphatic rings. The van der Waals surface area contributed by atoms with Gasteiger partial charge in [0, 0.05) is 35.7 Å². The Labute approximate surface area is 118 Å². The van der Waals surface area contributed by atoms with E-state index in [4.69, 9.17) is 5.73 Å². The van der Waals surface area contributed by atoms with Crippen LogP contribution in [0.2, 0.25) is 0 Å². The Hall–Kier alpha value is -1.42. The molecule has 1 unspecified atom stereocenters. The topological polar surface area (TPSA) is 42.2 Å². The van der Waals surface area contributed by atoms with Gasteiger partial charge in [0.2, 0.25) is 0 Å². The molecule has 1 fully saturated rings. The molecule has 0 spiro atoms.